The Labute approximate surface area is 143 Å². The molecular formula is C16H20BrN3O3. The number of aromatic nitrogens is 2. The highest BCUT2D eigenvalue weighted by Crippen LogP contribution is 2.22. The minimum absolute atomic E-state index is 0.368. The fraction of sp³-hybridized carbons (Fsp3) is 0.438. The molecule has 1 unspecified atom stereocenters. The van der Waals surface area contributed by atoms with Crippen molar-refractivity contribution < 1.29 is 14.7 Å². The van der Waals surface area contributed by atoms with E-state index in [0.717, 1.165) is 22.9 Å². The normalized spacial score (nSPS) is 12.3. The lowest BCUT2D eigenvalue weighted by atomic mass is 10.1. The smallest absolute Gasteiger partial charge is 0.326 e. The van der Waals surface area contributed by atoms with Crippen molar-refractivity contribution >= 4 is 33.5 Å². The van der Waals surface area contributed by atoms with E-state index in [1.54, 1.807) is 11.3 Å². The van der Waals surface area contributed by atoms with Gasteiger partial charge in [-0.05, 0) is 47.8 Å². The summed E-state index contributed by atoms with van der Waals surface area (Å²) in [5.74, 6) is -1.44. The first kappa shape index (κ1) is 17.5. The van der Waals surface area contributed by atoms with Gasteiger partial charge in [-0.3, -0.25) is 9.20 Å². The number of carbonyl (C=O) groups excluding carboxylic acids is 1. The number of hydrogen-bond acceptors (Lipinski definition) is 3. The highest BCUT2D eigenvalue weighted by molar-refractivity contribution is 9.10. The summed E-state index contributed by atoms with van der Waals surface area (Å²) in [4.78, 5) is 28.3. The molecule has 1 atom stereocenters. The number of imidazole rings is 1. The van der Waals surface area contributed by atoms with E-state index in [1.807, 2.05) is 26.1 Å². The van der Waals surface area contributed by atoms with Crippen molar-refractivity contribution in [3.63, 3.8) is 0 Å². The molecule has 0 saturated heterocycles. The van der Waals surface area contributed by atoms with Gasteiger partial charge in [-0.1, -0.05) is 19.8 Å². The fourth-order valence-electron chi connectivity index (χ4n) is 2.51. The molecule has 23 heavy (non-hydrogen) atoms. The number of carboxylic acid groups (broad SMARTS) is 1. The Bertz CT molecular complexity index is 755. The van der Waals surface area contributed by atoms with Crippen LogP contribution in [0.25, 0.3) is 5.65 Å². The Balaban J connectivity index is 2.37. The molecule has 0 saturated carbocycles. The molecule has 2 aromatic rings. The molecule has 2 aromatic heterocycles. The number of unbranched alkanes of at least 4 members (excludes halogenated alkanes) is 1. The lowest BCUT2D eigenvalue weighted by molar-refractivity contribution is -0.139. The number of carbonyl (C=O) groups is 2. The number of pyridine rings is 1. The van der Waals surface area contributed by atoms with Crippen LogP contribution in [0.4, 0.5) is 0 Å². The van der Waals surface area contributed by atoms with Crippen LogP contribution in [0, 0.1) is 13.8 Å². The largest absolute Gasteiger partial charge is 0.480 e. The number of carboxylic acids is 1. The van der Waals surface area contributed by atoms with Crippen LogP contribution in [-0.2, 0) is 4.79 Å². The van der Waals surface area contributed by atoms with Crippen molar-refractivity contribution in [1.82, 2.24) is 14.7 Å². The van der Waals surface area contributed by atoms with Crippen LogP contribution in [0.2, 0.25) is 0 Å². The van der Waals surface area contributed by atoms with Gasteiger partial charge in [0.1, 0.15) is 11.7 Å². The van der Waals surface area contributed by atoms with Crippen LogP contribution in [0.15, 0.2) is 16.7 Å². The van der Waals surface area contributed by atoms with Crippen molar-refractivity contribution in [1.29, 1.82) is 0 Å². The summed E-state index contributed by atoms with van der Waals surface area (Å²) in [5.41, 5.74) is 2.54. The van der Waals surface area contributed by atoms with Gasteiger partial charge in [0.25, 0.3) is 5.91 Å². The molecule has 2 N–H and O–H groups in total. The number of amides is 1. The molecule has 124 valence electrons. The summed E-state index contributed by atoms with van der Waals surface area (Å²) >= 11 is 3.44. The summed E-state index contributed by atoms with van der Waals surface area (Å²) in [6, 6.07) is 1.03. The van der Waals surface area contributed by atoms with E-state index in [2.05, 4.69) is 26.2 Å². The maximum Gasteiger partial charge on any atom is 0.326 e. The van der Waals surface area contributed by atoms with Crippen molar-refractivity contribution in [2.24, 2.45) is 0 Å². The van der Waals surface area contributed by atoms with E-state index >= 15 is 0 Å². The van der Waals surface area contributed by atoms with Gasteiger partial charge in [0.05, 0.1) is 10.2 Å². The fourth-order valence-corrected chi connectivity index (χ4v) is 3.15. The monoisotopic (exact) mass is 381 g/mol. The third kappa shape index (κ3) is 3.72. The van der Waals surface area contributed by atoms with Crippen LogP contribution in [0.1, 0.15) is 47.9 Å². The minimum atomic E-state index is -1.02. The number of rotatable bonds is 6. The molecule has 0 fully saturated rings. The van der Waals surface area contributed by atoms with E-state index in [-0.39, 0.29) is 0 Å². The second kappa shape index (κ2) is 7.12. The van der Waals surface area contributed by atoms with Gasteiger partial charge in [-0.15, -0.1) is 0 Å². The molecule has 0 aromatic carbocycles. The first-order valence-electron chi connectivity index (χ1n) is 7.53. The number of fused-ring (bicyclic) bond motifs is 1. The summed E-state index contributed by atoms with van der Waals surface area (Å²) in [5, 5.41) is 11.9. The lowest BCUT2D eigenvalue weighted by Gasteiger charge is -2.14. The van der Waals surface area contributed by atoms with E-state index in [4.69, 9.17) is 0 Å². The molecule has 0 bridgehead atoms. The minimum Gasteiger partial charge on any atom is -0.480 e. The van der Waals surface area contributed by atoms with E-state index in [0.29, 0.717) is 23.5 Å². The van der Waals surface area contributed by atoms with E-state index in [1.165, 1.54) is 0 Å². The average molecular weight is 382 g/mol. The number of aliphatic carboxylic acids is 1. The molecule has 0 aliphatic carbocycles. The van der Waals surface area contributed by atoms with Crippen molar-refractivity contribution in [3.05, 3.63) is 33.7 Å². The van der Waals surface area contributed by atoms with Gasteiger partial charge in [-0.25, -0.2) is 9.78 Å². The summed E-state index contributed by atoms with van der Waals surface area (Å²) in [6.45, 7) is 5.64. The van der Waals surface area contributed by atoms with E-state index < -0.39 is 17.9 Å². The Kier molecular flexibility index (Phi) is 5.41. The summed E-state index contributed by atoms with van der Waals surface area (Å²) in [6.07, 6.45) is 3.85. The molecule has 0 spiro atoms. The Morgan fingerprint density at radius 2 is 2.13 bits per heavy atom. The second-order valence-corrected chi connectivity index (χ2v) is 6.47. The van der Waals surface area contributed by atoms with Gasteiger partial charge in [0.15, 0.2) is 5.65 Å². The number of hydrogen-bond donors (Lipinski definition) is 2. The number of nitrogens with zero attached hydrogens (tertiary/aromatic N) is 2. The molecule has 0 aliphatic rings. The predicted molar refractivity (Wildman–Crippen MR) is 90.8 cm³/mol. The van der Waals surface area contributed by atoms with Crippen LogP contribution in [-0.4, -0.2) is 32.4 Å². The van der Waals surface area contributed by atoms with Gasteiger partial charge < -0.3 is 10.4 Å². The molecule has 0 aliphatic heterocycles. The molecule has 2 rings (SSSR count). The van der Waals surface area contributed by atoms with Crippen LogP contribution >= 0.6 is 15.9 Å². The number of nitrogens with one attached hydrogen (secondary N) is 1. The van der Waals surface area contributed by atoms with Gasteiger partial charge in [-0.2, -0.15) is 0 Å². The highest BCUT2D eigenvalue weighted by atomic mass is 79.9. The lowest BCUT2D eigenvalue weighted by Crippen LogP contribution is -2.41. The summed E-state index contributed by atoms with van der Waals surface area (Å²) in [7, 11) is 0. The maximum absolute atomic E-state index is 12.6. The van der Waals surface area contributed by atoms with Crippen LogP contribution in [0.5, 0.6) is 0 Å². The van der Waals surface area contributed by atoms with Crippen molar-refractivity contribution in [3.8, 4) is 0 Å². The van der Waals surface area contributed by atoms with Gasteiger partial charge in [0.2, 0.25) is 0 Å². The number of halogens is 1. The molecule has 2 heterocycles. The molecule has 1 amide bonds. The van der Waals surface area contributed by atoms with Gasteiger partial charge >= 0.3 is 5.97 Å². The zero-order chi connectivity index (χ0) is 17.1. The van der Waals surface area contributed by atoms with Gasteiger partial charge in [0, 0.05) is 6.20 Å². The zero-order valence-corrected chi connectivity index (χ0v) is 15.0. The van der Waals surface area contributed by atoms with Crippen LogP contribution < -0.4 is 5.32 Å². The van der Waals surface area contributed by atoms with E-state index in [9.17, 15) is 14.7 Å². The second-order valence-electron chi connectivity index (χ2n) is 5.61. The first-order chi connectivity index (χ1) is 10.8. The third-order valence-electron chi connectivity index (χ3n) is 3.65. The molecule has 7 heteroatoms. The number of aryl methyl sites for hydroxylation is 2. The molecule has 0 radical (unpaired) electrons. The molecule has 6 nitrogen and oxygen atoms in total. The summed E-state index contributed by atoms with van der Waals surface area (Å²) < 4.78 is 2.49. The van der Waals surface area contributed by atoms with Crippen molar-refractivity contribution in [2.45, 2.75) is 46.1 Å². The van der Waals surface area contributed by atoms with Crippen molar-refractivity contribution in [2.75, 3.05) is 0 Å². The molecular weight excluding hydrogens is 362 g/mol. The quantitative estimate of drug-likeness (QED) is 0.804. The topological polar surface area (TPSA) is 83.7 Å². The SMILES string of the molecule is CCCCC(NC(=O)c1c(C)nc2c(Br)cc(C)cn12)C(=O)O. The maximum atomic E-state index is 12.6. The Morgan fingerprint density at radius 1 is 1.43 bits per heavy atom. The Hall–Kier alpha value is -1.89. The highest BCUT2D eigenvalue weighted by Gasteiger charge is 2.24. The predicted octanol–water partition coefficient (Wildman–Crippen LogP) is 3.09. The zero-order valence-electron chi connectivity index (χ0n) is 13.4. The Morgan fingerprint density at radius 3 is 2.74 bits per heavy atom. The first-order valence-corrected chi connectivity index (χ1v) is 8.33. The average Bonchev–Trinajstić information content (AvgIpc) is 2.79. The standard InChI is InChI=1S/C16H20BrN3O3/c1-4-5-6-12(16(22)23)19-15(21)13-10(3)18-14-11(17)7-9(2)8-20(13)14/h7-8,12H,4-6H2,1-3H3,(H,19,21)(H,22,23). The van der Waals surface area contributed by atoms with Crippen LogP contribution in [0.3, 0.4) is 0 Å². The third-order valence-corrected chi connectivity index (χ3v) is 4.23.